The van der Waals surface area contributed by atoms with E-state index in [0.717, 1.165) is 77.3 Å². The number of fused-ring (bicyclic) bond motifs is 1. The number of benzene rings is 1. The highest BCUT2D eigenvalue weighted by atomic mass is 16.1. The standard InChI is InChI=1S/C31H38N6O2/c1-6-22(5)37-18-20(3)29-25(30(38)34-17-26-19(2)13-21(4)35-31(26)39)14-24(15-27(29)37)23-7-8-28(33-16-23)36-11-9-32-10-12-36/h7-8,13-16,18,22,32H,6,9-12,17H2,1-5H3,(H,34,38)(H,35,39). The van der Waals surface area contributed by atoms with Gasteiger partial charge >= 0.3 is 0 Å². The minimum Gasteiger partial charge on any atom is -0.354 e. The summed E-state index contributed by atoms with van der Waals surface area (Å²) in [6.07, 6.45) is 5.02. The van der Waals surface area contributed by atoms with Crippen LogP contribution in [0.1, 0.15) is 59.1 Å². The first-order valence-corrected chi connectivity index (χ1v) is 13.8. The summed E-state index contributed by atoms with van der Waals surface area (Å²) in [6.45, 7) is 14.1. The Morgan fingerprint density at radius 1 is 1.08 bits per heavy atom. The third kappa shape index (κ3) is 5.34. The van der Waals surface area contributed by atoms with Crippen molar-refractivity contribution >= 4 is 22.6 Å². The lowest BCUT2D eigenvalue weighted by molar-refractivity contribution is 0.0952. The molecule has 5 rings (SSSR count). The second kappa shape index (κ2) is 11.1. The molecule has 8 nitrogen and oxygen atoms in total. The topological polar surface area (TPSA) is 95.0 Å². The van der Waals surface area contributed by atoms with Gasteiger partial charge in [-0.15, -0.1) is 0 Å². The molecule has 1 unspecified atom stereocenters. The number of aromatic nitrogens is 3. The van der Waals surface area contributed by atoms with Crippen molar-refractivity contribution in [3.05, 3.63) is 81.0 Å². The number of carbonyl (C=O) groups is 1. The Balaban J connectivity index is 1.54. The molecule has 1 aliphatic rings. The van der Waals surface area contributed by atoms with Gasteiger partial charge in [-0.2, -0.15) is 0 Å². The van der Waals surface area contributed by atoms with Crippen LogP contribution in [0.5, 0.6) is 0 Å². The molecule has 0 aliphatic carbocycles. The van der Waals surface area contributed by atoms with E-state index in [2.05, 4.69) is 70.3 Å². The normalized spacial score (nSPS) is 14.5. The Morgan fingerprint density at radius 2 is 1.85 bits per heavy atom. The van der Waals surface area contributed by atoms with Crippen molar-refractivity contribution in [3.8, 4) is 11.1 Å². The van der Waals surface area contributed by atoms with Gasteiger partial charge in [-0.1, -0.05) is 6.92 Å². The molecule has 1 aromatic carbocycles. The number of carbonyl (C=O) groups excluding carboxylic acids is 1. The molecule has 8 heteroatoms. The van der Waals surface area contributed by atoms with Crippen LogP contribution in [0.3, 0.4) is 0 Å². The molecule has 4 heterocycles. The lowest BCUT2D eigenvalue weighted by Crippen LogP contribution is -2.43. The van der Waals surface area contributed by atoms with Crippen LogP contribution in [0, 0.1) is 20.8 Å². The van der Waals surface area contributed by atoms with Crippen LogP contribution in [0.15, 0.2) is 47.5 Å². The van der Waals surface area contributed by atoms with Gasteiger partial charge in [0, 0.05) is 84.4 Å². The van der Waals surface area contributed by atoms with Crippen molar-refractivity contribution in [1.29, 1.82) is 0 Å². The number of hydrogen-bond acceptors (Lipinski definition) is 5. The quantitative estimate of drug-likeness (QED) is 0.327. The fraction of sp³-hybridized carbons (Fsp3) is 0.387. The van der Waals surface area contributed by atoms with Gasteiger partial charge in [0.2, 0.25) is 0 Å². The lowest BCUT2D eigenvalue weighted by atomic mass is 9.98. The molecule has 204 valence electrons. The summed E-state index contributed by atoms with van der Waals surface area (Å²) >= 11 is 0. The summed E-state index contributed by atoms with van der Waals surface area (Å²) in [4.78, 5) is 36.1. The molecule has 0 saturated carbocycles. The highest BCUT2D eigenvalue weighted by molar-refractivity contribution is 6.09. The molecule has 1 fully saturated rings. The average molecular weight is 527 g/mol. The molecule has 39 heavy (non-hydrogen) atoms. The monoisotopic (exact) mass is 526 g/mol. The molecule has 1 amide bonds. The fourth-order valence-corrected chi connectivity index (χ4v) is 5.50. The van der Waals surface area contributed by atoms with Gasteiger partial charge < -0.3 is 25.1 Å². The number of nitrogens with one attached hydrogen (secondary N) is 3. The van der Waals surface area contributed by atoms with Crippen molar-refractivity contribution in [2.24, 2.45) is 0 Å². The first kappa shape index (κ1) is 26.7. The Kier molecular flexibility index (Phi) is 7.57. The molecule has 1 atom stereocenters. The smallest absolute Gasteiger partial charge is 0.253 e. The first-order valence-electron chi connectivity index (χ1n) is 13.8. The summed E-state index contributed by atoms with van der Waals surface area (Å²) in [7, 11) is 0. The molecule has 1 aliphatic heterocycles. The lowest BCUT2D eigenvalue weighted by Gasteiger charge is -2.28. The number of pyridine rings is 2. The molecule has 0 radical (unpaired) electrons. The van der Waals surface area contributed by atoms with Gasteiger partial charge in [0.15, 0.2) is 0 Å². The van der Waals surface area contributed by atoms with Gasteiger partial charge in [-0.05, 0) is 81.1 Å². The number of H-pyrrole nitrogens is 1. The summed E-state index contributed by atoms with van der Waals surface area (Å²) < 4.78 is 2.27. The fourth-order valence-electron chi connectivity index (χ4n) is 5.50. The van der Waals surface area contributed by atoms with E-state index in [4.69, 9.17) is 4.98 Å². The molecule has 4 aromatic rings. The van der Waals surface area contributed by atoms with E-state index in [0.29, 0.717) is 11.1 Å². The number of hydrogen-bond donors (Lipinski definition) is 3. The maximum atomic E-state index is 13.7. The number of piperazine rings is 1. The Hall–Kier alpha value is -3.91. The first-order chi connectivity index (χ1) is 18.8. The van der Waals surface area contributed by atoms with Crippen molar-refractivity contribution < 1.29 is 4.79 Å². The second-order valence-corrected chi connectivity index (χ2v) is 10.7. The Labute approximate surface area is 229 Å². The second-order valence-electron chi connectivity index (χ2n) is 10.7. The summed E-state index contributed by atoms with van der Waals surface area (Å²) in [5.41, 5.74) is 6.67. The zero-order valence-electron chi connectivity index (χ0n) is 23.5. The highest BCUT2D eigenvalue weighted by Gasteiger charge is 2.20. The van der Waals surface area contributed by atoms with Gasteiger partial charge in [-0.3, -0.25) is 9.59 Å². The van der Waals surface area contributed by atoms with E-state index in [-0.39, 0.29) is 24.1 Å². The van der Waals surface area contributed by atoms with Crippen molar-refractivity contribution in [2.75, 3.05) is 31.1 Å². The number of nitrogens with zero attached hydrogens (tertiary/aromatic N) is 3. The summed E-state index contributed by atoms with van der Waals surface area (Å²) in [6, 6.07) is 10.5. The van der Waals surface area contributed by atoms with Gasteiger partial charge in [0.1, 0.15) is 5.82 Å². The average Bonchev–Trinajstić information content (AvgIpc) is 3.28. The van der Waals surface area contributed by atoms with E-state index < -0.39 is 0 Å². The minimum atomic E-state index is -0.198. The number of amides is 1. The predicted molar refractivity (Wildman–Crippen MR) is 158 cm³/mol. The van der Waals surface area contributed by atoms with E-state index in [9.17, 15) is 9.59 Å². The summed E-state index contributed by atoms with van der Waals surface area (Å²) in [5.74, 6) is 0.772. The van der Waals surface area contributed by atoms with Crippen molar-refractivity contribution in [3.63, 3.8) is 0 Å². The highest BCUT2D eigenvalue weighted by Crippen LogP contribution is 2.34. The van der Waals surface area contributed by atoms with Crippen LogP contribution in [0.25, 0.3) is 22.0 Å². The third-order valence-electron chi connectivity index (χ3n) is 7.87. The molecular weight excluding hydrogens is 488 g/mol. The zero-order chi connectivity index (χ0) is 27.7. The largest absolute Gasteiger partial charge is 0.354 e. The predicted octanol–water partition coefficient (Wildman–Crippen LogP) is 4.63. The van der Waals surface area contributed by atoms with E-state index in [1.165, 1.54) is 0 Å². The van der Waals surface area contributed by atoms with Crippen LogP contribution in [0.2, 0.25) is 0 Å². The molecule has 3 N–H and O–H groups in total. The number of anilines is 1. The van der Waals surface area contributed by atoms with E-state index >= 15 is 0 Å². The van der Waals surface area contributed by atoms with Crippen molar-refractivity contribution in [1.82, 2.24) is 25.2 Å². The Bertz CT molecular complexity index is 1560. The number of aromatic amines is 1. The third-order valence-corrected chi connectivity index (χ3v) is 7.87. The van der Waals surface area contributed by atoms with E-state index in [1.807, 2.05) is 32.2 Å². The molecule has 3 aromatic heterocycles. The number of aryl methyl sites for hydroxylation is 3. The Morgan fingerprint density at radius 3 is 2.51 bits per heavy atom. The van der Waals surface area contributed by atoms with Crippen LogP contribution in [-0.4, -0.2) is 46.6 Å². The van der Waals surface area contributed by atoms with Crippen LogP contribution in [0.4, 0.5) is 5.82 Å². The summed E-state index contributed by atoms with van der Waals surface area (Å²) in [5, 5.41) is 7.34. The molecule has 0 spiro atoms. The zero-order valence-corrected chi connectivity index (χ0v) is 23.5. The van der Waals surface area contributed by atoms with E-state index in [1.54, 1.807) is 0 Å². The molecule has 0 bridgehead atoms. The van der Waals surface area contributed by atoms with Crippen LogP contribution >= 0.6 is 0 Å². The maximum Gasteiger partial charge on any atom is 0.253 e. The van der Waals surface area contributed by atoms with Gasteiger partial charge in [0.05, 0.1) is 0 Å². The minimum absolute atomic E-state index is 0.165. The molecule has 1 saturated heterocycles. The number of rotatable bonds is 7. The van der Waals surface area contributed by atoms with Crippen molar-refractivity contribution in [2.45, 2.75) is 53.6 Å². The maximum absolute atomic E-state index is 13.7. The SMILES string of the molecule is CCC(C)n1cc(C)c2c(C(=O)NCc3c(C)cc(C)[nH]c3=O)cc(-c3ccc(N4CCNCC4)nc3)cc21. The van der Waals surface area contributed by atoms with Crippen LogP contribution in [-0.2, 0) is 6.54 Å². The van der Waals surface area contributed by atoms with Gasteiger partial charge in [0.25, 0.3) is 11.5 Å². The van der Waals surface area contributed by atoms with Crippen LogP contribution < -0.4 is 21.1 Å². The van der Waals surface area contributed by atoms with Gasteiger partial charge in [-0.25, -0.2) is 4.98 Å². The molecular formula is C31H38N6O2.